The van der Waals surface area contributed by atoms with Crippen LogP contribution in [0.15, 0.2) is 30.5 Å². The Balaban J connectivity index is 1.45. The number of pyridine rings is 1. The molecule has 184 valence electrons. The molecule has 14 heteroatoms. The van der Waals surface area contributed by atoms with Crippen molar-refractivity contribution in [3.05, 3.63) is 57.9 Å². The summed E-state index contributed by atoms with van der Waals surface area (Å²) in [6.45, 7) is 1.87. The highest BCUT2D eigenvalue weighted by molar-refractivity contribution is 6.30. The molecule has 1 aromatic carbocycles. The Bertz CT molecular complexity index is 1000. The number of nitrogens with zero attached hydrogens (tertiary/aromatic N) is 3. The smallest absolute Gasteiger partial charge is 0.430 e. The Kier molecular flexibility index (Phi) is 7.59. The number of carbonyl (C=O) groups excluding carboxylic acids is 1. The molecule has 0 saturated heterocycles. The van der Waals surface area contributed by atoms with E-state index in [0.29, 0.717) is 16.3 Å². The lowest BCUT2D eigenvalue weighted by atomic mass is 10.0. The molecule has 1 aliphatic carbocycles. The van der Waals surface area contributed by atoms with E-state index in [-0.39, 0.29) is 25.2 Å². The van der Waals surface area contributed by atoms with E-state index in [9.17, 15) is 4.79 Å². The highest BCUT2D eigenvalue weighted by Crippen LogP contribution is 2.41. The fourth-order valence-corrected chi connectivity index (χ4v) is 4.18. The Labute approximate surface area is 197 Å². The van der Waals surface area contributed by atoms with Crippen LogP contribution in [0.4, 0.5) is 4.79 Å². The molecule has 1 unspecified atom stereocenters. The molecule has 1 aromatic heterocycles. The van der Waals surface area contributed by atoms with Gasteiger partial charge in [0, 0.05) is 35.2 Å². The van der Waals surface area contributed by atoms with Crippen LogP contribution in [-0.2, 0) is 25.8 Å². The van der Waals surface area contributed by atoms with Crippen LogP contribution >= 0.6 is 11.6 Å². The lowest BCUT2D eigenvalue weighted by Crippen LogP contribution is -2.35. The van der Waals surface area contributed by atoms with Crippen molar-refractivity contribution in [2.45, 2.75) is 50.8 Å². The van der Waals surface area contributed by atoms with E-state index in [1.165, 1.54) is 0 Å². The second kappa shape index (κ2) is 10.5. The molecule has 2 aliphatic rings. The Morgan fingerprint density at radius 3 is 2.29 bits per heavy atom. The Morgan fingerprint density at radius 1 is 1.09 bits per heavy atom. The first-order valence-electron chi connectivity index (χ1n) is 10.1. The van der Waals surface area contributed by atoms with Crippen molar-refractivity contribution in [1.82, 2.24) is 15.8 Å². The molecule has 13 nitrogen and oxygen atoms in total. The lowest BCUT2D eigenvalue weighted by Gasteiger charge is -2.20. The van der Waals surface area contributed by atoms with Gasteiger partial charge in [-0.05, 0) is 24.6 Å². The standard InChI is InChI=1S/C20H22ClN3O10/c1-10-18(15-9-30-19(14(15)8-22-10)11-2-4-12(21)5-3-11)32-20(25)31-13-6-16(33-23(26)27)17(7-13)34-24(28)29/h2-5,8,13,16-17,19,26-29H,6-7,9H2,1H3/t13?,16-,17+,19-/m0/s1. The zero-order chi connectivity index (χ0) is 24.4. The van der Waals surface area contributed by atoms with Crippen molar-refractivity contribution in [3.63, 3.8) is 0 Å². The number of carbonyl (C=O) groups is 1. The van der Waals surface area contributed by atoms with Crippen molar-refractivity contribution in [2.24, 2.45) is 0 Å². The van der Waals surface area contributed by atoms with E-state index in [1.54, 1.807) is 25.3 Å². The highest BCUT2D eigenvalue weighted by Gasteiger charge is 2.41. The second-order valence-corrected chi connectivity index (χ2v) is 8.14. The monoisotopic (exact) mass is 499 g/mol. The molecule has 0 radical (unpaired) electrons. The summed E-state index contributed by atoms with van der Waals surface area (Å²) in [5.41, 5.74) is 2.73. The predicted octanol–water partition coefficient (Wildman–Crippen LogP) is 3.10. The van der Waals surface area contributed by atoms with Gasteiger partial charge in [0.15, 0.2) is 5.75 Å². The average Bonchev–Trinajstić information content (AvgIpc) is 3.34. The number of hydrogen-bond acceptors (Lipinski definition) is 13. The molecule has 4 atom stereocenters. The highest BCUT2D eigenvalue weighted by atomic mass is 35.5. The maximum absolute atomic E-state index is 12.5. The lowest BCUT2D eigenvalue weighted by molar-refractivity contribution is -0.535. The third-order valence-electron chi connectivity index (χ3n) is 5.51. The van der Waals surface area contributed by atoms with E-state index < -0.39 is 41.4 Å². The molecule has 1 fully saturated rings. The van der Waals surface area contributed by atoms with Gasteiger partial charge in [0.05, 0.1) is 23.1 Å². The second-order valence-electron chi connectivity index (χ2n) is 7.71. The first-order chi connectivity index (χ1) is 16.2. The number of fused-ring (bicyclic) bond motifs is 1. The molecule has 0 bridgehead atoms. The van der Waals surface area contributed by atoms with Crippen LogP contribution < -0.4 is 4.74 Å². The van der Waals surface area contributed by atoms with Gasteiger partial charge in [-0.2, -0.15) is 0 Å². The number of aromatic nitrogens is 1. The SMILES string of the molecule is Cc1ncc2c(c1OC(=O)OC1C[C@H](ON(O)O)[C@H](ON(O)O)C1)CO[C@H]2c1ccc(Cl)cc1. The van der Waals surface area contributed by atoms with Gasteiger partial charge in [-0.3, -0.25) is 25.8 Å². The van der Waals surface area contributed by atoms with Gasteiger partial charge in [0.25, 0.3) is 0 Å². The minimum Gasteiger partial charge on any atom is -0.430 e. The maximum Gasteiger partial charge on any atom is 0.514 e. The van der Waals surface area contributed by atoms with Gasteiger partial charge >= 0.3 is 6.16 Å². The number of hydrogen-bond donors (Lipinski definition) is 4. The Hall–Kier alpha value is -2.43. The molecule has 1 aliphatic heterocycles. The fourth-order valence-electron chi connectivity index (χ4n) is 4.05. The number of aryl methyl sites for hydroxylation is 1. The van der Waals surface area contributed by atoms with E-state index in [1.807, 2.05) is 12.1 Å². The number of ether oxygens (including phenoxy) is 3. The van der Waals surface area contributed by atoms with Gasteiger partial charge < -0.3 is 14.2 Å². The topological polar surface area (TPSA) is 164 Å². The van der Waals surface area contributed by atoms with Gasteiger partial charge in [-0.15, -0.1) is 0 Å². The third kappa shape index (κ3) is 5.61. The Morgan fingerprint density at radius 2 is 1.71 bits per heavy atom. The zero-order valence-electron chi connectivity index (χ0n) is 17.8. The summed E-state index contributed by atoms with van der Waals surface area (Å²) >= 11 is 5.96. The van der Waals surface area contributed by atoms with Gasteiger partial charge in [-0.1, -0.05) is 23.7 Å². The molecular formula is C20H22ClN3O10. The van der Waals surface area contributed by atoms with Crippen molar-refractivity contribution in [3.8, 4) is 5.75 Å². The van der Waals surface area contributed by atoms with Crippen LogP contribution in [0.5, 0.6) is 5.75 Å². The van der Waals surface area contributed by atoms with Crippen molar-refractivity contribution in [2.75, 3.05) is 0 Å². The summed E-state index contributed by atoms with van der Waals surface area (Å²) in [5.74, 6) is 0.214. The number of halogens is 1. The normalized spacial score (nSPS) is 24.0. The largest absolute Gasteiger partial charge is 0.514 e. The summed E-state index contributed by atoms with van der Waals surface area (Å²) < 4.78 is 16.7. The van der Waals surface area contributed by atoms with Crippen molar-refractivity contribution >= 4 is 17.8 Å². The van der Waals surface area contributed by atoms with Crippen molar-refractivity contribution in [1.29, 1.82) is 0 Å². The zero-order valence-corrected chi connectivity index (χ0v) is 18.5. The third-order valence-corrected chi connectivity index (χ3v) is 5.76. The van der Waals surface area contributed by atoms with Crippen LogP contribution in [-0.4, -0.2) is 61.1 Å². The molecule has 4 N–H and O–H groups in total. The van der Waals surface area contributed by atoms with E-state index in [4.69, 9.17) is 56.3 Å². The fraction of sp³-hybridized carbons (Fsp3) is 0.400. The summed E-state index contributed by atoms with van der Waals surface area (Å²) in [7, 11) is 0. The van der Waals surface area contributed by atoms with Crippen LogP contribution in [0.3, 0.4) is 0 Å². The summed E-state index contributed by atoms with van der Waals surface area (Å²) in [4.78, 5) is 26.3. The molecular weight excluding hydrogens is 478 g/mol. The van der Waals surface area contributed by atoms with Crippen LogP contribution in [0, 0.1) is 6.92 Å². The summed E-state index contributed by atoms with van der Waals surface area (Å²) in [6.07, 6.45) is -2.82. The number of rotatable bonds is 7. The minimum absolute atomic E-state index is 0.0445. The summed E-state index contributed by atoms with van der Waals surface area (Å²) in [5, 5.41) is 35.0. The van der Waals surface area contributed by atoms with E-state index >= 15 is 0 Å². The van der Waals surface area contributed by atoms with E-state index in [0.717, 1.165) is 11.1 Å². The van der Waals surface area contributed by atoms with Gasteiger partial charge in [-0.25, -0.2) is 14.5 Å². The van der Waals surface area contributed by atoms with Crippen LogP contribution in [0.2, 0.25) is 5.02 Å². The number of benzene rings is 1. The maximum atomic E-state index is 12.5. The molecule has 0 amide bonds. The average molecular weight is 500 g/mol. The summed E-state index contributed by atoms with van der Waals surface area (Å²) in [6, 6.07) is 7.19. The quantitative estimate of drug-likeness (QED) is 0.324. The van der Waals surface area contributed by atoms with Crippen LogP contribution in [0.25, 0.3) is 0 Å². The predicted molar refractivity (Wildman–Crippen MR) is 108 cm³/mol. The molecule has 2 aromatic rings. The minimum atomic E-state index is -1.06. The molecule has 2 heterocycles. The van der Waals surface area contributed by atoms with Gasteiger partial charge in [0.1, 0.15) is 24.4 Å². The van der Waals surface area contributed by atoms with Crippen molar-refractivity contribution < 1.29 is 49.5 Å². The van der Waals surface area contributed by atoms with Crippen LogP contribution in [0.1, 0.15) is 41.3 Å². The van der Waals surface area contributed by atoms with E-state index in [2.05, 4.69) is 4.98 Å². The first kappa shape index (κ1) is 24.7. The molecule has 4 rings (SSSR count). The molecule has 0 spiro atoms. The molecule has 34 heavy (non-hydrogen) atoms. The first-order valence-corrected chi connectivity index (χ1v) is 10.5. The molecule has 1 saturated carbocycles. The van der Waals surface area contributed by atoms with Gasteiger partial charge in [0.2, 0.25) is 0 Å².